The molecule has 1 aliphatic rings. The Morgan fingerprint density at radius 1 is 1.13 bits per heavy atom. The Bertz CT molecular complexity index is 984. The summed E-state index contributed by atoms with van der Waals surface area (Å²) in [6.07, 6.45) is 5.41. The Hall–Kier alpha value is -2.80. The highest BCUT2D eigenvalue weighted by Crippen LogP contribution is 2.34. The number of benzene rings is 2. The normalized spacial score (nSPS) is 14.4. The number of amides is 1. The summed E-state index contributed by atoms with van der Waals surface area (Å²) < 4.78 is 11.3. The number of carbonyl (C=O) groups excluding carboxylic acids is 1. The van der Waals surface area contributed by atoms with Crippen LogP contribution in [0.15, 0.2) is 58.2 Å². The third kappa shape index (κ3) is 5.02. The van der Waals surface area contributed by atoms with Gasteiger partial charge in [-0.1, -0.05) is 61.4 Å². The first kappa shape index (κ1) is 20.5. The van der Waals surface area contributed by atoms with Crippen molar-refractivity contribution in [1.82, 2.24) is 10.2 Å². The van der Waals surface area contributed by atoms with Crippen LogP contribution in [0, 0.1) is 5.92 Å². The van der Waals surface area contributed by atoms with Gasteiger partial charge >= 0.3 is 0 Å². The monoisotopic (exact) mass is 423 g/mol. The smallest absolute Gasteiger partial charge is 0.277 e. The Labute approximate surface area is 180 Å². The zero-order valence-electron chi connectivity index (χ0n) is 17.0. The number of aromatic nitrogens is 2. The van der Waals surface area contributed by atoms with Crippen molar-refractivity contribution >= 4 is 23.4 Å². The Kier molecular flexibility index (Phi) is 6.69. The molecule has 1 saturated carbocycles. The molecule has 6 nitrogen and oxygen atoms in total. The number of hydrogen-bond acceptors (Lipinski definition) is 6. The number of nitrogens with zero attached hydrogens (tertiary/aromatic N) is 2. The molecule has 0 radical (unpaired) electrons. The molecule has 0 unspecified atom stereocenters. The van der Waals surface area contributed by atoms with Crippen LogP contribution in [0.1, 0.15) is 37.7 Å². The first-order chi connectivity index (χ1) is 14.7. The molecule has 1 N–H and O–H groups in total. The van der Waals surface area contributed by atoms with Gasteiger partial charge in [0, 0.05) is 23.4 Å². The minimum Gasteiger partial charge on any atom is -0.496 e. The minimum atomic E-state index is 0.0851. The van der Waals surface area contributed by atoms with E-state index >= 15 is 0 Å². The molecular formula is C23H25N3O3S. The number of nitrogens with one attached hydrogen (secondary N) is 1. The number of carbonyl (C=O) groups is 1. The van der Waals surface area contributed by atoms with E-state index in [9.17, 15) is 4.79 Å². The van der Waals surface area contributed by atoms with E-state index in [0.717, 1.165) is 31.4 Å². The maximum Gasteiger partial charge on any atom is 0.277 e. The van der Waals surface area contributed by atoms with E-state index in [1.54, 1.807) is 13.2 Å². The van der Waals surface area contributed by atoms with Crippen LogP contribution >= 0.6 is 11.8 Å². The van der Waals surface area contributed by atoms with Crippen LogP contribution in [0.3, 0.4) is 0 Å². The minimum absolute atomic E-state index is 0.0851. The van der Waals surface area contributed by atoms with Gasteiger partial charge in [-0.2, -0.15) is 0 Å². The molecule has 0 atom stereocenters. The van der Waals surface area contributed by atoms with Gasteiger partial charge in [-0.05, 0) is 30.5 Å². The molecule has 1 fully saturated rings. The number of ether oxygens (including phenoxy) is 1. The molecular weight excluding hydrogens is 398 g/mol. The fraction of sp³-hybridized carbons (Fsp3) is 0.348. The van der Waals surface area contributed by atoms with Gasteiger partial charge in [0.05, 0.1) is 12.7 Å². The topological polar surface area (TPSA) is 77.2 Å². The van der Waals surface area contributed by atoms with Gasteiger partial charge in [-0.3, -0.25) is 4.79 Å². The number of methoxy groups -OCH3 is 1. The first-order valence-corrected chi connectivity index (χ1v) is 11.2. The third-order valence-corrected chi connectivity index (χ3v) is 6.18. The van der Waals surface area contributed by atoms with Crippen LogP contribution < -0.4 is 10.1 Å². The van der Waals surface area contributed by atoms with E-state index in [2.05, 4.69) is 27.6 Å². The van der Waals surface area contributed by atoms with E-state index in [1.807, 2.05) is 30.3 Å². The van der Waals surface area contributed by atoms with E-state index in [4.69, 9.17) is 9.15 Å². The second kappa shape index (κ2) is 9.80. The molecule has 7 heteroatoms. The highest BCUT2D eigenvalue weighted by Gasteiger charge is 2.22. The fourth-order valence-electron chi connectivity index (χ4n) is 3.65. The van der Waals surface area contributed by atoms with Crippen molar-refractivity contribution in [3.05, 3.63) is 54.1 Å². The largest absolute Gasteiger partial charge is 0.496 e. The van der Waals surface area contributed by atoms with E-state index in [-0.39, 0.29) is 11.8 Å². The Morgan fingerprint density at radius 3 is 2.70 bits per heavy atom. The highest BCUT2D eigenvalue weighted by molar-refractivity contribution is 7.98. The number of hydrogen-bond donors (Lipinski definition) is 1. The number of rotatable bonds is 7. The van der Waals surface area contributed by atoms with Gasteiger partial charge in [-0.15, -0.1) is 10.2 Å². The quantitative estimate of drug-likeness (QED) is 0.502. The molecule has 1 heterocycles. The molecule has 30 heavy (non-hydrogen) atoms. The lowest BCUT2D eigenvalue weighted by Crippen LogP contribution is -2.24. The molecule has 3 aromatic rings. The predicted octanol–water partition coefficient (Wildman–Crippen LogP) is 5.56. The molecule has 156 valence electrons. The number of thioether (sulfide) groups is 1. The second-order valence-electron chi connectivity index (χ2n) is 7.39. The van der Waals surface area contributed by atoms with Gasteiger partial charge in [0.25, 0.3) is 11.1 Å². The zero-order valence-corrected chi connectivity index (χ0v) is 17.8. The first-order valence-electron chi connectivity index (χ1n) is 10.2. The lowest BCUT2D eigenvalue weighted by atomic mass is 9.88. The SMILES string of the molecule is COc1cc(NC(=O)C2CCCCC2)ccc1-c1nnc(SCc2ccccc2)o1. The maximum absolute atomic E-state index is 12.5. The van der Waals surface area contributed by atoms with Crippen molar-refractivity contribution < 1.29 is 13.9 Å². The predicted molar refractivity (Wildman–Crippen MR) is 117 cm³/mol. The van der Waals surface area contributed by atoms with Gasteiger partial charge < -0.3 is 14.5 Å². The summed E-state index contributed by atoms with van der Waals surface area (Å²) in [4.78, 5) is 12.5. The summed E-state index contributed by atoms with van der Waals surface area (Å²) in [7, 11) is 1.59. The average Bonchev–Trinajstić information content (AvgIpc) is 3.27. The molecule has 0 aliphatic heterocycles. The summed E-state index contributed by atoms with van der Waals surface area (Å²) >= 11 is 1.49. The standard InChI is InChI=1S/C23H25N3O3S/c1-28-20-14-18(24-21(27)17-10-6-3-7-11-17)12-13-19(20)22-25-26-23(29-22)30-15-16-8-4-2-5-9-16/h2,4-5,8-9,12-14,17H,3,6-7,10-11,15H2,1H3,(H,24,27). The van der Waals surface area contributed by atoms with Crippen LogP contribution in [0.25, 0.3) is 11.5 Å². The zero-order chi connectivity index (χ0) is 20.8. The second-order valence-corrected chi connectivity index (χ2v) is 8.31. The molecule has 0 spiro atoms. The molecule has 1 aromatic heterocycles. The van der Waals surface area contributed by atoms with Crippen molar-refractivity contribution in [2.75, 3.05) is 12.4 Å². The summed E-state index contributed by atoms with van der Waals surface area (Å²) in [5, 5.41) is 11.8. The molecule has 1 aliphatic carbocycles. The van der Waals surface area contributed by atoms with Crippen LogP contribution in [0.5, 0.6) is 5.75 Å². The summed E-state index contributed by atoms with van der Waals surface area (Å²) in [6.45, 7) is 0. The highest BCUT2D eigenvalue weighted by atomic mass is 32.2. The van der Waals surface area contributed by atoms with Crippen LogP contribution in [0.2, 0.25) is 0 Å². The lowest BCUT2D eigenvalue weighted by molar-refractivity contribution is -0.120. The van der Waals surface area contributed by atoms with E-state index < -0.39 is 0 Å². The van der Waals surface area contributed by atoms with Crippen molar-refractivity contribution in [3.8, 4) is 17.2 Å². The van der Waals surface area contributed by atoms with Crippen LogP contribution in [0.4, 0.5) is 5.69 Å². The maximum atomic E-state index is 12.5. The number of anilines is 1. The fourth-order valence-corrected chi connectivity index (χ4v) is 4.37. The molecule has 1 amide bonds. The average molecular weight is 424 g/mol. The molecule has 0 bridgehead atoms. The van der Waals surface area contributed by atoms with E-state index in [1.165, 1.54) is 23.7 Å². The summed E-state index contributed by atoms with van der Waals surface area (Å²) in [5.74, 6) is 1.92. The van der Waals surface area contributed by atoms with Crippen molar-refractivity contribution in [2.45, 2.75) is 43.1 Å². The van der Waals surface area contributed by atoms with Gasteiger partial charge in [0.1, 0.15) is 5.75 Å². The van der Waals surface area contributed by atoms with Gasteiger partial charge in [-0.25, -0.2) is 0 Å². The van der Waals surface area contributed by atoms with Crippen molar-refractivity contribution in [1.29, 1.82) is 0 Å². The Balaban J connectivity index is 1.44. The van der Waals surface area contributed by atoms with E-state index in [0.29, 0.717) is 28.1 Å². The van der Waals surface area contributed by atoms with Gasteiger partial charge in [0.2, 0.25) is 5.91 Å². The molecule has 4 rings (SSSR count). The molecule has 0 saturated heterocycles. The van der Waals surface area contributed by atoms with Crippen LogP contribution in [-0.2, 0) is 10.5 Å². The summed E-state index contributed by atoms with van der Waals surface area (Å²) in [5.41, 5.74) is 2.61. The van der Waals surface area contributed by atoms with Gasteiger partial charge in [0.15, 0.2) is 0 Å². The lowest BCUT2D eigenvalue weighted by Gasteiger charge is -2.21. The molecule has 2 aromatic carbocycles. The Morgan fingerprint density at radius 2 is 1.93 bits per heavy atom. The van der Waals surface area contributed by atoms with Crippen molar-refractivity contribution in [3.63, 3.8) is 0 Å². The van der Waals surface area contributed by atoms with Crippen molar-refractivity contribution in [2.24, 2.45) is 5.92 Å². The third-order valence-electron chi connectivity index (χ3n) is 5.29. The van der Waals surface area contributed by atoms with Crippen LogP contribution in [-0.4, -0.2) is 23.2 Å². The summed E-state index contributed by atoms with van der Waals surface area (Å²) in [6, 6.07) is 15.6.